The highest BCUT2D eigenvalue weighted by Crippen LogP contribution is 2.20. The summed E-state index contributed by atoms with van der Waals surface area (Å²) in [4.78, 5) is 12.7. The van der Waals surface area contributed by atoms with E-state index in [0.717, 1.165) is 36.4 Å². The van der Waals surface area contributed by atoms with Crippen molar-refractivity contribution in [2.24, 2.45) is 5.73 Å². The quantitative estimate of drug-likeness (QED) is 0.892. The molecule has 0 aliphatic rings. The second kappa shape index (κ2) is 7.27. The van der Waals surface area contributed by atoms with E-state index in [0.29, 0.717) is 5.56 Å². The van der Waals surface area contributed by atoms with Crippen molar-refractivity contribution in [3.63, 3.8) is 0 Å². The van der Waals surface area contributed by atoms with Gasteiger partial charge in [0.15, 0.2) is 0 Å². The average Bonchev–Trinajstić information content (AvgIpc) is 2.54. The molecule has 0 spiro atoms. The Kier molecular flexibility index (Phi) is 5.39. The number of methoxy groups -OCH3 is 1. The van der Waals surface area contributed by atoms with Crippen LogP contribution < -0.4 is 16.0 Å². The number of rotatable bonds is 6. The number of hydrogen-bond donors (Lipinski definition) is 1. The van der Waals surface area contributed by atoms with Crippen molar-refractivity contribution in [1.29, 1.82) is 0 Å². The predicted molar refractivity (Wildman–Crippen MR) is 89.4 cm³/mol. The van der Waals surface area contributed by atoms with Gasteiger partial charge >= 0.3 is 0 Å². The third kappa shape index (κ3) is 3.39. The lowest BCUT2D eigenvalue weighted by atomic mass is 10.0. The van der Waals surface area contributed by atoms with Crippen molar-refractivity contribution in [2.45, 2.75) is 39.3 Å². The van der Waals surface area contributed by atoms with Gasteiger partial charge in [0.1, 0.15) is 5.75 Å². The number of aromatic nitrogens is 1. The molecule has 4 nitrogen and oxygen atoms in total. The van der Waals surface area contributed by atoms with Crippen molar-refractivity contribution in [3.05, 3.63) is 63.6 Å². The molecule has 0 saturated heterocycles. The molecule has 0 aliphatic carbocycles. The molecule has 2 rings (SSSR count). The number of benzene rings is 1. The first-order valence-electron chi connectivity index (χ1n) is 7.68. The largest absolute Gasteiger partial charge is 0.497 e. The Hall–Kier alpha value is -2.07. The highest BCUT2D eigenvalue weighted by Gasteiger charge is 2.15. The summed E-state index contributed by atoms with van der Waals surface area (Å²) in [5.74, 6) is 0.778. The molecular weight excluding hydrogens is 276 g/mol. The summed E-state index contributed by atoms with van der Waals surface area (Å²) in [5, 5.41) is 0. The van der Waals surface area contributed by atoms with Gasteiger partial charge in [-0.3, -0.25) is 4.79 Å². The fourth-order valence-corrected chi connectivity index (χ4v) is 2.51. The van der Waals surface area contributed by atoms with Gasteiger partial charge in [0.05, 0.1) is 13.2 Å². The summed E-state index contributed by atoms with van der Waals surface area (Å²) in [6.45, 7) is 4.82. The molecule has 1 aromatic heterocycles. The third-order valence-electron chi connectivity index (χ3n) is 3.97. The molecule has 0 aliphatic heterocycles. The van der Waals surface area contributed by atoms with Crippen molar-refractivity contribution in [2.75, 3.05) is 7.11 Å². The number of ether oxygens (including phenoxy) is 1. The number of unbranched alkanes of at least 4 members (excludes halogenated alkanes) is 1. The number of pyridine rings is 1. The van der Waals surface area contributed by atoms with E-state index in [-0.39, 0.29) is 5.56 Å². The number of aryl methyl sites for hydroxylation is 1. The van der Waals surface area contributed by atoms with Crippen LogP contribution in [-0.4, -0.2) is 11.7 Å². The van der Waals surface area contributed by atoms with Gasteiger partial charge in [-0.1, -0.05) is 25.5 Å². The molecule has 0 fully saturated rings. The van der Waals surface area contributed by atoms with E-state index in [2.05, 4.69) is 6.92 Å². The molecule has 2 aromatic rings. The molecule has 0 radical (unpaired) electrons. The Bertz CT molecular complexity index is 674. The second-order valence-corrected chi connectivity index (χ2v) is 5.49. The van der Waals surface area contributed by atoms with Crippen molar-refractivity contribution < 1.29 is 4.74 Å². The molecule has 4 heteroatoms. The van der Waals surface area contributed by atoms with Crippen LogP contribution in [0.2, 0.25) is 0 Å². The molecule has 0 amide bonds. The van der Waals surface area contributed by atoms with Crippen molar-refractivity contribution in [1.82, 2.24) is 4.57 Å². The van der Waals surface area contributed by atoms with Crippen LogP contribution in [0, 0.1) is 6.92 Å². The highest BCUT2D eigenvalue weighted by atomic mass is 16.5. The van der Waals surface area contributed by atoms with E-state index >= 15 is 0 Å². The zero-order chi connectivity index (χ0) is 16.1. The normalized spacial score (nSPS) is 12.2. The maximum atomic E-state index is 12.7. The Balaban J connectivity index is 2.36. The van der Waals surface area contributed by atoms with E-state index in [1.807, 2.05) is 47.9 Å². The van der Waals surface area contributed by atoms with Gasteiger partial charge < -0.3 is 15.0 Å². The van der Waals surface area contributed by atoms with Crippen molar-refractivity contribution in [3.8, 4) is 5.75 Å². The molecule has 1 aromatic carbocycles. The fourth-order valence-electron chi connectivity index (χ4n) is 2.51. The van der Waals surface area contributed by atoms with Gasteiger partial charge in [0.2, 0.25) is 0 Å². The van der Waals surface area contributed by atoms with Crippen LogP contribution in [0.4, 0.5) is 0 Å². The van der Waals surface area contributed by atoms with Crippen LogP contribution in [0.25, 0.3) is 0 Å². The van der Waals surface area contributed by atoms with E-state index in [1.165, 1.54) is 0 Å². The molecule has 2 N–H and O–H groups in total. The van der Waals surface area contributed by atoms with E-state index < -0.39 is 6.04 Å². The smallest absolute Gasteiger partial charge is 0.255 e. The maximum absolute atomic E-state index is 12.7. The van der Waals surface area contributed by atoms with Gasteiger partial charge in [0.25, 0.3) is 5.56 Å². The van der Waals surface area contributed by atoms with Gasteiger partial charge in [-0.25, -0.2) is 0 Å². The molecule has 0 bridgehead atoms. The Morgan fingerprint density at radius 3 is 2.45 bits per heavy atom. The predicted octanol–water partition coefficient (Wildman–Crippen LogP) is 3.01. The lowest BCUT2D eigenvalue weighted by molar-refractivity contribution is 0.414. The SMILES string of the molecule is CCCCn1c(C)ccc(C(N)c2ccc(OC)cc2)c1=O. The first-order chi connectivity index (χ1) is 10.6. The van der Waals surface area contributed by atoms with Crippen LogP contribution in [0.15, 0.2) is 41.2 Å². The van der Waals surface area contributed by atoms with Crippen LogP contribution in [0.5, 0.6) is 5.75 Å². The van der Waals surface area contributed by atoms with Crippen LogP contribution in [0.1, 0.15) is 42.6 Å². The zero-order valence-electron chi connectivity index (χ0n) is 13.5. The molecule has 1 heterocycles. The lowest BCUT2D eigenvalue weighted by Gasteiger charge is -2.16. The topological polar surface area (TPSA) is 57.2 Å². The van der Waals surface area contributed by atoms with Crippen molar-refractivity contribution >= 4 is 0 Å². The molecule has 0 saturated carbocycles. The number of nitrogens with zero attached hydrogens (tertiary/aromatic N) is 1. The second-order valence-electron chi connectivity index (χ2n) is 5.49. The Labute approximate surface area is 131 Å². The molecule has 1 unspecified atom stereocenters. The van der Waals surface area contributed by atoms with Crippen LogP contribution >= 0.6 is 0 Å². The molecule has 118 valence electrons. The number of nitrogens with two attached hydrogens (primary N) is 1. The standard InChI is InChI=1S/C18H24N2O2/c1-4-5-12-20-13(2)6-11-16(18(20)21)17(19)14-7-9-15(22-3)10-8-14/h6-11,17H,4-5,12,19H2,1-3H3. The molecular formula is C18H24N2O2. The van der Waals surface area contributed by atoms with Crippen LogP contribution in [0.3, 0.4) is 0 Å². The first kappa shape index (κ1) is 16.3. The van der Waals surface area contributed by atoms with Gasteiger partial charge in [-0.2, -0.15) is 0 Å². The van der Waals surface area contributed by atoms with E-state index in [9.17, 15) is 4.79 Å². The van der Waals surface area contributed by atoms with E-state index in [4.69, 9.17) is 10.5 Å². The minimum absolute atomic E-state index is 0.0109. The molecule has 1 atom stereocenters. The summed E-state index contributed by atoms with van der Waals surface area (Å²) in [6.07, 6.45) is 2.04. The summed E-state index contributed by atoms with van der Waals surface area (Å²) >= 11 is 0. The Morgan fingerprint density at radius 1 is 1.18 bits per heavy atom. The summed E-state index contributed by atoms with van der Waals surface area (Å²) in [7, 11) is 1.63. The molecule has 22 heavy (non-hydrogen) atoms. The van der Waals surface area contributed by atoms with Gasteiger partial charge in [-0.15, -0.1) is 0 Å². The van der Waals surface area contributed by atoms with E-state index in [1.54, 1.807) is 7.11 Å². The third-order valence-corrected chi connectivity index (χ3v) is 3.97. The number of hydrogen-bond acceptors (Lipinski definition) is 3. The lowest BCUT2D eigenvalue weighted by Crippen LogP contribution is -2.30. The minimum Gasteiger partial charge on any atom is -0.497 e. The Morgan fingerprint density at radius 2 is 1.86 bits per heavy atom. The summed E-state index contributed by atoms with van der Waals surface area (Å²) in [5.41, 5.74) is 8.83. The minimum atomic E-state index is -0.424. The maximum Gasteiger partial charge on any atom is 0.255 e. The first-order valence-corrected chi connectivity index (χ1v) is 7.68. The van der Waals surface area contributed by atoms with Crippen LogP contribution in [-0.2, 0) is 6.54 Å². The fraction of sp³-hybridized carbons (Fsp3) is 0.389. The van der Waals surface area contributed by atoms with Gasteiger partial charge in [-0.05, 0) is 43.2 Å². The van der Waals surface area contributed by atoms with Gasteiger partial charge in [0, 0.05) is 17.8 Å². The average molecular weight is 300 g/mol. The monoisotopic (exact) mass is 300 g/mol. The zero-order valence-corrected chi connectivity index (χ0v) is 13.5. The summed E-state index contributed by atoms with van der Waals surface area (Å²) < 4.78 is 6.97. The highest BCUT2D eigenvalue weighted by molar-refractivity contribution is 5.34. The summed E-state index contributed by atoms with van der Waals surface area (Å²) in [6, 6.07) is 10.9.